The van der Waals surface area contributed by atoms with Crippen LogP contribution in [0.1, 0.15) is 33.7 Å². The smallest absolute Gasteiger partial charge is 0.331 e. The number of urea groups is 1. The maximum Gasteiger partial charge on any atom is 0.331 e. The van der Waals surface area contributed by atoms with Crippen LogP contribution in [0, 0.1) is 0 Å². The zero-order valence-corrected chi connectivity index (χ0v) is 12.3. The minimum Gasteiger partial charge on any atom is -0.478 e. The molecule has 0 aromatic carbocycles. The first-order valence-electron chi connectivity index (χ1n) is 6.30. The average molecular weight is 294 g/mol. The molecule has 0 fully saturated rings. The van der Waals surface area contributed by atoms with Gasteiger partial charge in [-0.05, 0) is 27.7 Å². The molecule has 0 aliphatic heterocycles. The molecule has 1 aromatic heterocycles. The van der Waals surface area contributed by atoms with E-state index < -0.39 is 17.9 Å². The van der Waals surface area contributed by atoms with Crippen molar-refractivity contribution < 1.29 is 19.5 Å². The Balaban J connectivity index is 2.74. The molecule has 0 aliphatic rings. The van der Waals surface area contributed by atoms with E-state index in [-0.39, 0.29) is 17.2 Å². The number of hydrogen-bond donors (Lipinski definition) is 3. The molecule has 3 amide bonds. The van der Waals surface area contributed by atoms with E-state index in [9.17, 15) is 14.4 Å². The molecule has 0 saturated carbocycles. The van der Waals surface area contributed by atoms with Crippen molar-refractivity contribution in [2.24, 2.45) is 0 Å². The number of aliphatic carboxylic acids is 1. The van der Waals surface area contributed by atoms with Gasteiger partial charge in [-0.1, -0.05) is 0 Å². The monoisotopic (exact) mass is 294 g/mol. The largest absolute Gasteiger partial charge is 0.478 e. The second-order valence-electron chi connectivity index (χ2n) is 4.72. The molecule has 114 valence electrons. The van der Waals surface area contributed by atoms with E-state index in [4.69, 9.17) is 5.11 Å². The van der Waals surface area contributed by atoms with E-state index in [1.807, 2.05) is 13.8 Å². The van der Waals surface area contributed by atoms with Crippen LogP contribution in [0.4, 0.5) is 10.6 Å². The highest BCUT2D eigenvalue weighted by atomic mass is 16.4. The molecular weight excluding hydrogens is 276 g/mol. The minimum absolute atomic E-state index is 0.0324. The van der Waals surface area contributed by atoms with Gasteiger partial charge in [-0.15, -0.1) is 0 Å². The number of nitrogens with zero attached hydrogens (tertiary/aromatic N) is 2. The number of carboxylic acid groups (broad SMARTS) is 1. The zero-order valence-electron chi connectivity index (χ0n) is 12.3. The van der Waals surface area contributed by atoms with Crippen LogP contribution in [0.25, 0.3) is 0 Å². The van der Waals surface area contributed by atoms with Gasteiger partial charge in [0.25, 0.3) is 5.91 Å². The topological polar surface area (TPSA) is 113 Å². The number of imide groups is 1. The van der Waals surface area contributed by atoms with Gasteiger partial charge in [-0.25, -0.2) is 14.3 Å². The van der Waals surface area contributed by atoms with Crippen molar-refractivity contribution in [2.45, 2.75) is 33.7 Å². The molecule has 1 aromatic rings. The van der Waals surface area contributed by atoms with Crippen LogP contribution < -0.4 is 10.6 Å². The van der Waals surface area contributed by atoms with Gasteiger partial charge < -0.3 is 5.11 Å². The molecular formula is C13H18N4O4. The van der Waals surface area contributed by atoms with Gasteiger partial charge >= 0.3 is 12.0 Å². The molecule has 0 bridgehead atoms. The summed E-state index contributed by atoms with van der Waals surface area (Å²) < 4.78 is 1.58. The van der Waals surface area contributed by atoms with Crippen molar-refractivity contribution in [3.63, 3.8) is 0 Å². The SMILES string of the molecule is CC(C(=O)O)=C(C)C(=O)NC(=O)Nc1ccnn1C(C)C. The highest BCUT2D eigenvalue weighted by Crippen LogP contribution is 2.12. The molecule has 0 radical (unpaired) electrons. The molecule has 21 heavy (non-hydrogen) atoms. The predicted molar refractivity (Wildman–Crippen MR) is 75.8 cm³/mol. The normalized spacial score (nSPS) is 11.9. The molecule has 1 rings (SSSR count). The quantitative estimate of drug-likeness (QED) is 0.729. The van der Waals surface area contributed by atoms with Gasteiger partial charge in [0.05, 0.1) is 6.20 Å². The molecule has 0 saturated heterocycles. The number of amides is 3. The maximum atomic E-state index is 11.7. The molecule has 0 spiro atoms. The van der Waals surface area contributed by atoms with Crippen molar-refractivity contribution in [3.8, 4) is 0 Å². The van der Waals surface area contributed by atoms with E-state index in [0.717, 1.165) is 0 Å². The Bertz CT molecular complexity index is 601. The summed E-state index contributed by atoms with van der Waals surface area (Å²) in [6.07, 6.45) is 1.52. The molecule has 1 heterocycles. The Kier molecular flexibility index (Phi) is 5.23. The lowest BCUT2D eigenvalue weighted by Gasteiger charge is -2.12. The first-order chi connectivity index (χ1) is 9.73. The van der Waals surface area contributed by atoms with Gasteiger partial charge in [0, 0.05) is 23.3 Å². The van der Waals surface area contributed by atoms with Crippen LogP contribution in [0.15, 0.2) is 23.4 Å². The average Bonchev–Trinajstić information content (AvgIpc) is 2.84. The third-order valence-electron chi connectivity index (χ3n) is 2.85. The lowest BCUT2D eigenvalue weighted by molar-refractivity contribution is -0.133. The minimum atomic E-state index is -1.21. The summed E-state index contributed by atoms with van der Waals surface area (Å²) in [5.41, 5.74) is -0.150. The number of carbonyl (C=O) groups is 3. The third kappa shape index (κ3) is 4.16. The van der Waals surface area contributed by atoms with E-state index in [1.54, 1.807) is 10.7 Å². The number of nitrogens with one attached hydrogen (secondary N) is 2. The van der Waals surface area contributed by atoms with Crippen LogP contribution in [0.2, 0.25) is 0 Å². The summed E-state index contributed by atoms with van der Waals surface area (Å²) in [5, 5.41) is 17.4. The molecule has 0 unspecified atom stereocenters. The van der Waals surface area contributed by atoms with E-state index in [0.29, 0.717) is 5.82 Å². The second kappa shape index (κ2) is 6.69. The van der Waals surface area contributed by atoms with E-state index in [1.165, 1.54) is 20.0 Å². The molecule has 8 nitrogen and oxygen atoms in total. The Hall–Kier alpha value is -2.64. The fraction of sp³-hybridized carbons (Fsp3) is 0.385. The van der Waals surface area contributed by atoms with E-state index in [2.05, 4.69) is 15.7 Å². The van der Waals surface area contributed by atoms with E-state index >= 15 is 0 Å². The van der Waals surface area contributed by atoms with Crippen molar-refractivity contribution in [1.29, 1.82) is 0 Å². The Morgan fingerprint density at radius 1 is 1.24 bits per heavy atom. The molecule has 8 heteroatoms. The summed E-state index contributed by atoms with van der Waals surface area (Å²) in [6, 6.07) is 0.886. The number of carboxylic acids is 1. The van der Waals surface area contributed by atoms with Crippen LogP contribution >= 0.6 is 0 Å². The van der Waals surface area contributed by atoms with Gasteiger partial charge in [0.1, 0.15) is 5.82 Å². The second-order valence-corrected chi connectivity index (χ2v) is 4.72. The third-order valence-corrected chi connectivity index (χ3v) is 2.85. The number of carbonyl (C=O) groups excluding carboxylic acids is 2. The predicted octanol–water partition coefficient (Wildman–Crippen LogP) is 1.53. The van der Waals surface area contributed by atoms with Gasteiger partial charge in [-0.2, -0.15) is 5.10 Å². The molecule has 0 atom stereocenters. The maximum absolute atomic E-state index is 11.7. The van der Waals surface area contributed by atoms with Crippen molar-refractivity contribution in [1.82, 2.24) is 15.1 Å². The Labute approximate surface area is 121 Å². The lowest BCUT2D eigenvalue weighted by atomic mass is 10.1. The zero-order chi connectivity index (χ0) is 16.2. The lowest BCUT2D eigenvalue weighted by Crippen LogP contribution is -2.36. The summed E-state index contributed by atoms with van der Waals surface area (Å²) in [4.78, 5) is 34.2. The Morgan fingerprint density at radius 2 is 1.86 bits per heavy atom. The number of anilines is 1. The van der Waals surface area contributed by atoms with Crippen molar-refractivity contribution in [3.05, 3.63) is 23.4 Å². The fourth-order valence-corrected chi connectivity index (χ4v) is 1.50. The van der Waals surface area contributed by atoms with Gasteiger partial charge in [-0.3, -0.25) is 15.4 Å². The van der Waals surface area contributed by atoms with Gasteiger partial charge in [0.2, 0.25) is 0 Å². The molecule has 0 aliphatic carbocycles. The number of aromatic nitrogens is 2. The first-order valence-corrected chi connectivity index (χ1v) is 6.30. The summed E-state index contributed by atoms with van der Waals surface area (Å²) >= 11 is 0. The summed E-state index contributed by atoms with van der Waals surface area (Å²) in [7, 11) is 0. The summed E-state index contributed by atoms with van der Waals surface area (Å²) in [6.45, 7) is 6.42. The summed E-state index contributed by atoms with van der Waals surface area (Å²) in [5.74, 6) is -1.53. The Morgan fingerprint density at radius 3 is 2.38 bits per heavy atom. The fourth-order valence-electron chi connectivity index (χ4n) is 1.50. The standard InChI is InChI=1S/C13H18N4O4/c1-7(2)17-10(5-6-14-17)15-13(21)16-11(18)8(3)9(4)12(19)20/h5-7H,1-4H3,(H,19,20)(H2,15,16,18,21). The van der Waals surface area contributed by atoms with Crippen molar-refractivity contribution >= 4 is 23.7 Å². The number of hydrogen-bond acceptors (Lipinski definition) is 4. The van der Waals surface area contributed by atoms with Gasteiger partial charge in [0.15, 0.2) is 0 Å². The highest BCUT2D eigenvalue weighted by Gasteiger charge is 2.16. The molecule has 3 N–H and O–H groups in total. The van der Waals surface area contributed by atoms with Crippen molar-refractivity contribution in [2.75, 3.05) is 5.32 Å². The number of rotatable bonds is 4. The van der Waals surface area contributed by atoms with Crippen LogP contribution in [-0.4, -0.2) is 32.8 Å². The van der Waals surface area contributed by atoms with Crippen LogP contribution in [0.5, 0.6) is 0 Å². The van der Waals surface area contributed by atoms with Crippen LogP contribution in [0.3, 0.4) is 0 Å². The highest BCUT2D eigenvalue weighted by molar-refractivity contribution is 6.10. The van der Waals surface area contributed by atoms with Crippen LogP contribution in [-0.2, 0) is 9.59 Å². The first kappa shape index (κ1) is 16.4.